The van der Waals surface area contributed by atoms with Crippen LogP contribution in [0.5, 0.6) is 0 Å². The number of hydrogen-bond donors (Lipinski definition) is 1. The molecule has 0 unspecified atom stereocenters. The Labute approximate surface area is 202 Å². The van der Waals surface area contributed by atoms with Gasteiger partial charge in [0.25, 0.3) is 0 Å². The molecule has 0 spiro atoms. The zero-order valence-corrected chi connectivity index (χ0v) is 20.2. The Hall–Kier alpha value is -2.75. The van der Waals surface area contributed by atoms with E-state index >= 15 is 0 Å². The first-order valence-corrected chi connectivity index (χ1v) is 12.0. The average Bonchev–Trinajstić information content (AvgIpc) is 3.19. The number of anilines is 1. The van der Waals surface area contributed by atoms with E-state index in [-0.39, 0.29) is 24.1 Å². The maximum Gasteiger partial charge on any atom is 0.419 e. The summed E-state index contributed by atoms with van der Waals surface area (Å²) in [5.74, 6) is -1.06. The van der Waals surface area contributed by atoms with Crippen LogP contribution in [0, 0.1) is 5.82 Å². The van der Waals surface area contributed by atoms with E-state index in [1.807, 2.05) is 13.8 Å². The summed E-state index contributed by atoms with van der Waals surface area (Å²) in [5.41, 5.74) is 1.18. The molecule has 1 aromatic carbocycles. The summed E-state index contributed by atoms with van der Waals surface area (Å²) in [6, 6.07) is 2.83. The fourth-order valence-corrected chi connectivity index (χ4v) is 4.91. The summed E-state index contributed by atoms with van der Waals surface area (Å²) >= 11 is 0. The first-order chi connectivity index (χ1) is 16.6. The molecule has 1 N–H and O–H groups in total. The minimum Gasteiger partial charge on any atom is -0.353 e. The van der Waals surface area contributed by atoms with Gasteiger partial charge in [-0.1, -0.05) is 26.8 Å². The number of halogens is 4. The Bertz CT molecular complexity index is 1070. The van der Waals surface area contributed by atoms with Crippen LogP contribution in [0.4, 0.5) is 23.4 Å². The van der Waals surface area contributed by atoms with Gasteiger partial charge in [0.1, 0.15) is 18.0 Å². The Balaban J connectivity index is 1.50. The number of carbonyl (C=O) groups is 1. The van der Waals surface area contributed by atoms with Crippen molar-refractivity contribution < 1.29 is 22.4 Å². The maximum atomic E-state index is 14.3. The number of aryl methyl sites for hydroxylation is 1. The van der Waals surface area contributed by atoms with Crippen molar-refractivity contribution in [2.24, 2.45) is 0 Å². The number of piperazine rings is 1. The summed E-state index contributed by atoms with van der Waals surface area (Å²) in [4.78, 5) is 26.3. The van der Waals surface area contributed by atoms with Crippen LogP contribution in [-0.4, -0.2) is 59.5 Å². The third kappa shape index (κ3) is 5.42. The number of alkyl halides is 3. The van der Waals surface area contributed by atoms with Gasteiger partial charge in [-0.2, -0.15) is 13.2 Å². The predicted molar refractivity (Wildman–Crippen MR) is 125 cm³/mol. The van der Waals surface area contributed by atoms with E-state index < -0.39 is 23.5 Å². The Kier molecular flexibility index (Phi) is 7.30. The van der Waals surface area contributed by atoms with Crippen LogP contribution >= 0.6 is 0 Å². The van der Waals surface area contributed by atoms with Crippen LogP contribution in [0.25, 0.3) is 0 Å². The summed E-state index contributed by atoms with van der Waals surface area (Å²) in [6.07, 6.45) is -1.20. The highest BCUT2D eigenvalue weighted by Crippen LogP contribution is 2.37. The predicted octanol–water partition coefficient (Wildman–Crippen LogP) is 4.11. The summed E-state index contributed by atoms with van der Waals surface area (Å²) < 4.78 is 53.4. The number of rotatable bonds is 6. The van der Waals surface area contributed by atoms with Crippen molar-refractivity contribution >= 4 is 11.7 Å². The number of benzene rings is 1. The number of fused-ring (bicyclic) bond motifs is 1. The topological polar surface area (TPSA) is 61.4 Å². The highest BCUT2D eigenvalue weighted by molar-refractivity contribution is 5.84. The molecule has 1 fully saturated rings. The highest BCUT2D eigenvalue weighted by atomic mass is 19.4. The van der Waals surface area contributed by atoms with Crippen LogP contribution < -0.4 is 10.2 Å². The first-order valence-electron chi connectivity index (χ1n) is 12.0. The van der Waals surface area contributed by atoms with E-state index in [4.69, 9.17) is 0 Å². The van der Waals surface area contributed by atoms with Crippen molar-refractivity contribution in [2.45, 2.75) is 57.7 Å². The van der Waals surface area contributed by atoms with Crippen molar-refractivity contribution in [1.29, 1.82) is 0 Å². The van der Waals surface area contributed by atoms with Crippen molar-refractivity contribution in [2.75, 3.05) is 37.6 Å². The van der Waals surface area contributed by atoms with E-state index in [0.717, 1.165) is 36.5 Å². The van der Waals surface area contributed by atoms with Gasteiger partial charge in [0, 0.05) is 50.0 Å². The minimum atomic E-state index is -4.78. The molecule has 2 aromatic rings. The van der Waals surface area contributed by atoms with Gasteiger partial charge in [0.05, 0.1) is 11.5 Å². The quantitative estimate of drug-likeness (QED) is 0.614. The largest absolute Gasteiger partial charge is 0.419 e. The molecule has 35 heavy (non-hydrogen) atoms. The molecule has 0 saturated carbocycles. The second-order valence-corrected chi connectivity index (χ2v) is 9.66. The second-order valence-electron chi connectivity index (χ2n) is 9.66. The number of carbonyl (C=O) groups excluding carboxylic acids is 1. The van der Waals surface area contributed by atoms with E-state index in [0.29, 0.717) is 32.1 Å². The van der Waals surface area contributed by atoms with Crippen LogP contribution in [0.3, 0.4) is 0 Å². The molecule has 1 saturated heterocycles. The normalized spacial score (nSPS) is 19.3. The van der Waals surface area contributed by atoms with Crippen LogP contribution in [0.1, 0.15) is 61.4 Å². The fraction of sp³-hybridized carbons (Fsp3) is 0.560. The average molecular weight is 494 g/mol. The highest BCUT2D eigenvalue weighted by Gasteiger charge is 2.36. The molecule has 1 aliphatic heterocycles. The molecule has 1 aromatic heterocycles. The first kappa shape index (κ1) is 25.3. The summed E-state index contributed by atoms with van der Waals surface area (Å²) in [7, 11) is 0. The lowest BCUT2D eigenvalue weighted by atomic mass is 9.95. The lowest BCUT2D eigenvalue weighted by Crippen LogP contribution is -2.51. The molecule has 2 atom stereocenters. The molecule has 0 bridgehead atoms. The molecule has 190 valence electrons. The van der Waals surface area contributed by atoms with Crippen LogP contribution in [-0.2, 0) is 17.4 Å². The van der Waals surface area contributed by atoms with Gasteiger partial charge in [0.2, 0.25) is 5.91 Å². The lowest BCUT2D eigenvalue weighted by Gasteiger charge is -2.38. The van der Waals surface area contributed by atoms with Crippen LogP contribution in [0.2, 0.25) is 0 Å². The van der Waals surface area contributed by atoms with Crippen LogP contribution in [0.15, 0.2) is 24.5 Å². The second kappa shape index (κ2) is 10.1. The van der Waals surface area contributed by atoms with Gasteiger partial charge >= 0.3 is 6.18 Å². The molecule has 1 amide bonds. The van der Waals surface area contributed by atoms with E-state index in [2.05, 4.69) is 27.1 Å². The molecule has 2 heterocycles. The van der Waals surface area contributed by atoms with Gasteiger partial charge in [0.15, 0.2) is 0 Å². The summed E-state index contributed by atoms with van der Waals surface area (Å²) in [6.45, 7) is 8.29. The number of nitrogens with zero attached hydrogens (tertiary/aromatic N) is 4. The SMILES string of the molecule is CC(C)NC[C@@H](C(=O)N1CCN(c2ncnc3c2[C@H](C)CC3)CC1)c1ccc(C(F)(F)F)c(F)c1. The van der Waals surface area contributed by atoms with Gasteiger partial charge in [-0.05, 0) is 36.5 Å². The molecule has 2 aliphatic rings. The Morgan fingerprint density at radius 3 is 2.51 bits per heavy atom. The Morgan fingerprint density at radius 1 is 1.17 bits per heavy atom. The smallest absolute Gasteiger partial charge is 0.353 e. The van der Waals surface area contributed by atoms with Crippen molar-refractivity contribution in [3.63, 3.8) is 0 Å². The number of aromatic nitrogens is 2. The van der Waals surface area contributed by atoms with Gasteiger partial charge in [-0.15, -0.1) is 0 Å². The third-order valence-corrected chi connectivity index (χ3v) is 6.87. The van der Waals surface area contributed by atoms with Gasteiger partial charge in [-0.25, -0.2) is 14.4 Å². The number of amides is 1. The van der Waals surface area contributed by atoms with Crippen molar-refractivity contribution in [1.82, 2.24) is 20.2 Å². The molecule has 1 aliphatic carbocycles. The van der Waals surface area contributed by atoms with Crippen molar-refractivity contribution in [3.05, 3.63) is 52.7 Å². The zero-order valence-electron chi connectivity index (χ0n) is 20.2. The molecule has 0 radical (unpaired) electrons. The molecular formula is C25H31F4N5O. The minimum absolute atomic E-state index is 0.0586. The zero-order chi connectivity index (χ0) is 25.3. The fourth-order valence-electron chi connectivity index (χ4n) is 4.91. The monoisotopic (exact) mass is 493 g/mol. The van der Waals surface area contributed by atoms with E-state index in [1.54, 1.807) is 11.2 Å². The summed E-state index contributed by atoms with van der Waals surface area (Å²) in [5, 5.41) is 3.18. The molecule has 4 rings (SSSR count). The maximum absolute atomic E-state index is 14.3. The van der Waals surface area contributed by atoms with E-state index in [9.17, 15) is 22.4 Å². The standard InChI is InChI=1S/C25H31F4N5O/c1-15(2)30-13-18(17-5-6-19(20(26)12-17)25(27,28)29)24(35)34-10-8-33(9-11-34)23-22-16(3)4-7-21(22)31-14-32-23/h5-6,12,14-16,18,30H,4,7-11,13H2,1-3H3/t16-,18-/m1/s1. The van der Waals surface area contributed by atoms with Crippen molar-refractivity contribution in [3.8, 4) is 0 Å². The van der Waals surface area contributed by atoms with E-state index in [1.165, 1.54) is 11.6 Å². The number of nitrogens with one attached hydrogen (secondary N) is 1. The Morgan fingerprint density at radius 2 is 1.89 bits per heavy atom. The number of hydrogen-bond acceptors (Lipinski definition) is 5. The third-order valence-electron chi connectivity index (χ3n) is 6.87. The molecule has 6 nitrogen and oxygen atoms in total. The molecular weight excluding hydrogens is 462 g/mol. The van der Waals surface area contributed by atoms with Gasteiger partial charge in [-0.3, -0.25) is 4.79 Å². The van der Waals surface area contributed by atoms with Gasteiger partial charge < -0.3 is 15.1 Å². The molecule has 10 heteroatoms. The lowest BCUT2D eigenvalue weighted by molar-refractivity contribution is -0.140.